The Kier molecular flexibility index (Phi) is 3.26. The number of alkyl halides is 1. The molecule has 5 heteroatoms. The molecule has 2 aliphatic heterocycles. The molecule has 0 saturated carbocycles. The van der Waals surface area contributed by atoms with Gasteiger partial charge in [0, 0.05) is 32.2 Å². The monoisotopic (exact) mass is 235 g/mol. The third-order valence-electron chi connectivity index (χ3n) is 3.56. The molecule has 0 aromatic rings. The van der Waals surface area contributed by atoms with E-state index in [1.807, 2.05) is 4.90 Å². The highest BCUT2D eigenvalue weighted by Gasteiger charge is 2.51. The molecule has 2 heterocycles. The molecule has 0 N–H and O–H groups in total. The second kappa shape index (κ2) is 4.37. The largest absolute Gasteiger partial charge is 0.383 e. The van der Waals surface area contributed by atoms with Crippen molar-refractivity contribution < 1.29 is 17.9 Å². The molecule has 0 spiro atoms. The first kappa shape index (κ1) is 11.9. The summed E-state index contributed by atoms with van der Waals surface area (Å²) in [6.07, 6.45) is -0.536. The first-order valence-corrected chi connectivity index (χ1v) is 5.46. The predicted octanol–water partition coefficient (Wildman–Crippen LogP) is 2.22. The van der Waals surface area contributed by atoms with Crippen molar-refractivity contribution in [3.05, 3.63) is 12.2 Å². The number of methoxy groups -OCH3 is 1. The molecule has 2 rings (SSSR count). The van der Waals surface area contributed by atoms with Crippen LogP contribution in [0.4, 0.5) is 13.2 Å². The number of hydrogen-bond donors (Lipinski definition) is 0. The van der Waals surface area contributed by atoms with Crippen molar-refractivity contribution in [3.63, 3.8) is 0 Å². The lowest BCUT2D eigenvalue weighted by Gasteiger charge is -2.30. The zero-order chi connectivity index (χ0) is 11.8. The van der Waals surface area contributed by atoms with Crippen LogP contribution in [0.5, 0.6) is 0 Å². The highest BCUT2D eigenvalue weighted by Crippen LogP contribution is 2.43. The number of ether oxygens (including phenoxy) is 1. The van der Waals surface area contributed by atoms with Crippen molar-refractivity contribution in [1.82, 2.24) is 4.90 Å². The van der Waals surface area contributed by atoms with Crippen molar-refractivity contribution in [1.29, 1.82) is 0 Å². The Labute approximate surface area is 93.1 Å². The van der Waals surface area contributed by atoms with Crippen LogP contribution in [-0.2, 0) is 4.74 Å². The predicted molar refractivity (Wildman–Crippen MR) is 54.1 cm³/mol. The lowest BCUT2D eigenvalue weighted by atomic mass is 9.90. The summed E-state index contributed by atoms with van der Waals surface area (Å²) in [5.41, 5.74) is -0.356. The van der Waals surface area contributed by atoms with E-state index >= 15 is 0 Å². The average molecular weight is 235 g/mol. The Balaban J connectivity index is 2.10. The fourth-order valence-electron chi connectivity index (χ4n) is 3.12. The first-order chi connectivity index (χ1) is 7.55. The molecule has 0 radical (unpaired) electrons. The summed E-state index contributed by atoms with van der Waals surface area (Å²) in [6.45, 7) is 1.29. The van der Waals surface area contributed by atoms with E-state index in [2.05, 4.69) is 0 Å². The van der Waals surface area contributed by atoms with Gasteiger partial charge in [0.05, 0.1) is 6.61 Å². The van der Waals surface area contributed by atoms with Crippen LogP contribution in [-0.4, -0.2) is 43.4 Å². The summed E-state index contributed by atoms with van der Waals surface area (Å²) < 4.78 is 42.8. The molecule has 0 aromatic heterocycles. The Morgan fingerprint density at radius 2 is 2.19 bits per heavy atom. The fraction of sp³-hybridized carbons (Fsp3) is 0.818. The quantitative estimate of drug-likeness (QED) is 0.743. The molecular formula is C11H16F3NO. The van der Waals surface area contributed by atoms with Gasteiger partial charge in [0.25, 0.3) is 6.08 Å². The molecule has 92 valence electrons. The molecule has 2 saturated heterocycles. The van der Waals surface area contributed by atoms with Crippen LogP contribution in [0.2, 0.25) is 0 Å². The van der Waals surface area contributed by atoms with Gasteiger partial charge in [-0.3, -0.25) is 4.90 Å². The molecule has 2 aliphatic rings. The number of rotatable bonds is 3. The standard InChI is InChI=1S/C11H16F3NO/c1-16-7-11-3-8(2-10(13)14)5-15(11)6-9(12)4-11/h2,8-9H,3-7H2,1H3/t8-,9+,11-/m0/s1. The molecule has 0 aliphatic carbocycles. The molecule has 2 fully saturated rings. The summed E-state index contributed by atoms with van der Waals surface area (Å²) in [6, 6.07) is 0. The summed E-state index contributed by atoms with van der Waals surface area (Å²) in [7, 11) is 1.57. The zero-order valence-corrected chi connectivity index (χ0v) is 9.26. The minimum atomic E-state index is -1.64. The lowest BCUT2D eigenvalue weighted by Crippen LogP contribution is -2.42. The maximum atomic E-state index is 13.3. The summed E-state index contributed by atoms with van der Waals surface area (Å²) in [5.74, 6) is -0.173. The Hall–Kier alpha value is -0.550. The van der Waals surface area contributed by atoms with Crippen molar-refractivity contribution in [3.8, 4) is 0 Å². The number of nitrogens with zero attached hydrogens (tertiary/aromatic N) is 1. The highest BCUT2D eigenvalue weighted by molar-refractivity contribution is 5.10. The topological polar surface area (TPSA) is 12.5 Å². The number of fused-ring (bicyclic) bond motifs is 1. The SMILES string of the molecule is COC[C@]12C[C@@H](F)CN1C[C@@H](C=C(F)F)C2. The Morgan fingerprint density at radius 1 is 1.44 bits per heavy atom. The van der Waals surface area contributed by atoms with Gasteiger partial charge < -0.3 is 4.74 Å². The molecule has 0 aromatic carbocycles. The van der Waals surface area contributed by atoms with Crippen LogP contribution in [0.25, 0.3) is 0 Å². The van der Waals surface area contributed by atoms with Gasteiger partial charge in [-0.15, -0.1) is 0 Å². The summed E-state index contributed by atoms with van der Waals surface area (Å²) in [4.78, 5) is 1.96. The Bertz CT molecular complexity index is 293. The van der Waals surface area contributed by atoms with Crippen LogP contribution < -0.4 is 0 Å². The Morgan fingerprint density at radius 3 is 2.81 bits per heavy atom. The normalized spacial score (nSPS) is 38.8. The smallest absolute Gasteiger partial charge is 0.266 e. The molecule has 2 nitrogen and oxygen atoms in total. The minimum absolute atomic E-state index is 0.173. The molecule has 0 unspecified atom stereocenters. The van der Waals surface area contributed by atoms with Crippen LogP contribution in [0.3, 0.4) is 0 Å². The van der Waals surface area contributed by atoms with Crippen molar-refractivity contribution in [2.75, 3.05) is 26.8 Å². The van der Waals surface area contributed by atoms with Gasteiger partial charge >= 0.3 is 0 Å². The maximum absolute atomic E-state index is 13.3. The summed E-state index contributed by atoms with van der Waals surface area (Å²) >= 11 is 0. The van der Waals surface area contributed by atoms with Gasteiger partial charge in [-0.1, -0.05) is 0 Å². The van der Waals surface area contributed by atoms with E-state index in [0.717, 1.165) is 6.08 Å². The zero-order valence-electron chi connectivity index (χ0n) is 9.26. The average Bonchev–Trinajstić information content (AvgIpc) is 2.55. The minimum Gasteiger partial charge on any atom is -0.383 e. The highest BCUT2D eigenvalue weighted by atomic mass is 19.3. The third kappa shape index (κ3) is 2.11. The number of halogens is 3. The second-order valence-corrected chi connectivity index (χ2v) is 4.78. The van der Waals surface area contributed by atoms with Gasteiger partial charge in [0.2, 0.25) is 0 Å². The van der Waals surface area contributed by atoms with E-state index in [9.17, 15) is 13.2 Å². The van der Waals surface area contributed by atoms with Crippen LogP contribution >= 0.6 is 0 Å². The van der Waals surface area contributed by atoms with Crippen molar-refractivity contribution in [2.24, 2.45) is 5.92 Å². The van der Waals surface area contributed by atoms with Gasteiger partial charge in [-0.2, -0.15) is 8.78 Å². The third-order valence-corrected chi connectivity index (χ3v) is 3.56. The van der Waals surface area contributed by atoms with Gasteiger partial charge in [-0.05, 0) is 18.4 Å². The van der Waals surface area contributed by atoms with Crippen LogP contribution in [0.15, 0.2) is 12.2 Å². The van der Waals surface area contributed by atoms with E-state index in [1.54, 1.807) is 7.11 Å². The summed E-state index contributed by atoms with van der Waals surface area (Å²) in [5, 5.41) is 0. The number of hydrogen-bond acceptors (Lipinski definition) is 2. The molecule has 0 amide bonds. The first-order valence-electron chi connectivity index (χ1n) is 5.46. The van der Waals surface area contributed by atoms with E-state index < -0.39 is 12.3 Å². The van der Waals surface area contributed by atoms with E-state index in [-0.39, 0.29) is 11.5 Å². The lowest BCUT2D eigenvalue weighted by molar-refractivity contribution is 0.0650. The second-order valence-electron chi connectivity index (χ2n) is 4.78. The maximum Gasteiger partial charge on any atom is 0.266 e. The molecule has 0 bridgehead atoms. The van der Waals surface area contributed by atoms with Gasteiger partial charge in [0.1, 0.15) is 6.17 Å². The fourth-order valence-corrected chi connectivity index (χ4v) is 3.12. The van der Waals surface area contributed by atoms with Crippen LogP contribution in [0.1, 0.15) is 12.8 Å². The van der Waals surface area contributed by atoms with Gasteiger partial charge in [-0.25, -0.2) is 4.39 Å². The van der Waals surface area contributed by atoms with Crippen molar-refractivity contribution in [2.45, 2.75) is 24.6 Å². The van der Waals surface area contributed by atoms with Crippen molar-refractivity contribution >= 4 is 0 Å². The van der Waals surface area contributed by atoms with Gasteiger partial charge in [0.15, 0.2) is 0 Å². The molecular weight excluding hydrogens is 219 g/mol. The van der Waals surface area contributed by atoms with E-state index in [4.69, 9.17) is 4.74 Å². The van der Waals surface area contributed by atoms with Crippen LogP contribution in [0, 0.1) is 5.92 Å². The molecule has 3 atom stereocenters. The van der Waals surface area contributed by atoms with E-state index in [0.29, 0.717) is 32.5 Å². The van der Waals surface area contributed by atoms with E-state index in [1.165, 1.54) is 0 Å². The molecule has 16 heavy (non-hydrogen) atoms.